The van der Waals surface area contributed by atoms with E-state index in [0.717, 1.165) is 82.6 Å². The summed E-state index contributed by atoms with van der Waals surface area (Å²) in [5.74, 6) is 2.82. The number of piperazine rings is 1. The van der Waals surface area contributed by atoms with Gasteiger partial charge in [0.15, 0.2) is 0 Å². The second kappa shape index (κ2) is 7.53. The van der Waals surface area contributed by atoms with Gasteiger partial charge in [0, 0.05) is 38.4 Å². The van der Waals surface area contributed by atoms with Gasteiger partial charge in [-0.1, -0.05) is 18.2 Å². The van der Waals surface area contributed by atoms with Gasteiger partial charge in [-0.3, -0.25) is 9.59 Å². The van der Waals surface area contributed by atoms with Crippen LogP contribution < -0.4 is 4.90 Å². The van der Waals surface area contributed by atoms with Gasteiger partial charge in [-0.15, -0.1) is 0 Å². The molecule has 4 aliphatic carbocycles. The number of rotatable bonds is 3. The first kappa shape index (κ1) is 19.6. The van der Waals surface area contributed by atoms with Crippen molar-refractivity contribution in [3.8, 4) is 0 Å². The molecule has 31 heavy (non-hydrogen) atoms. The summed E-state index contributed by atoms with van der Waals surface area (Å²) in [6, 6.07) is 10.2. The molecule has 2 aliphatic heterocycles. The van der Waals surface area contributed by atoms with Gasteiger partial charge in [0.2, 0.25) is 11.8 Å². The van der Waals surface area contributed by atoms with E-state index in [1.165, 1.54) is 24.9 Å². The lowest BCUT2D eigenvalue weighted by Gasteiger charge is -2.56. The molecule has 0 radical (unpaired) electrons. The zero-order valence-electron chi connectivity index (χ0n) is 18.5. The lowest BCUT2D eigenvalue weighted by atomic mass is 9.49. The maximum Gasteiger partial charge on any atom is 0.245 e. The number of likely N-dealkylation sites (tertiary alicyclic amines) is 1. The Morgan fingerprint density at radius 2 is 1.42 bits per heavy atom. The lowest BCUT2D eigenvalue weighted by Crippen LogP contribution is -2.59. The highest BCUT2D eigenvalue weighted by Gasteiger charge is 2.57. The van der Waals surface area contributed by atoms with Gasteiger partial charge in [0.1, 0.15) is 6.04 Å². The van der Waals surface area contributed by atoms with Gasteiger partial charge in [0.05, 0.1) is 5.41 Å². The van der Waals surface area contributed by atoms with Crippen LogP contribution in [0.5, 0.6) is 0 Å². The molecule has 4 saturated carbocycles. The Hall–Kier alpha value is -2.04. The highest BCUT2D eigenvalue weighted by molar-refractivity contribution is 5.91. The van der Waals surface area contributed by atoms with E-state index in [-0.39, 0.29) is 17.4 Å². The Morgan fingerprint density at radius 1 is 0.806 bits per heavy atom. The summed E-state index contributed by atoms with van der Waals surface area (Å²) in [6.45, 7) is 4.02. The van der Waals surface area contributed by atoms with Crippen LogP contribution in [0.25, 0.3) is 0 Å². The molecule has 5 nitrogen and oxygen atoms in total. The van der Waals surface area contributed by atoms with Crippen LogP contribution >= 0.6 is 0 Å². The van der Waals surface area contributed by atoms with Crippen LogP contribution in [-0.2, 0) is 9.59 Å². The third-order valence-electron chi connectivity index (χ3n) is 9.00. The summed E-state index contributed by atoms with van der Waals surface area (Å²) in [6.07, 6.45) is 9.12. The molecule has 2 heterocycles. The Balaban J connectivity index is 1.13. The first-order chi connectivity index (χ1) is 15.1. The Kier molecular flexibility index (Phi) is 4.77. The number of hydrogen-bond donors (Lipinski definition) is 0. The molecule has 1 aromatic carbocycles. The topological polar surface area (TPSA) is 43.9 Å². The second-order valence-corrected chi connectivity index (χ2v) is 11.0. The summed E-state index contributed by atoms with van der Waals surface area (Å²) >= 11 is 0. The van der Waals surface area contributed by atoms with E-state index in [2.05, 4.69) is 29.2 Å². The monoisotopic (exact) mass is 421 g/mol. The van der Waals surface area contributed by atoms with Crippen LogP contribution in [0.2, 0.25) is 0 Å². The SMILES string of the molecule is O=C(C1CCCN1C(=O)C12CC3CC(CC(C3)C1)C2)N1CCN(c2ccccc2)CC1. The molecule has 1 atom stereocenters. The number of nitrogens with zero attached hydrogens (tertiary/aromatic N) is 3. The van der Waals surface area contributed by atoms with E-state index in [1.54, 1.807) is 0 Å². The number of anilines is 1. The number of carbonyl (C=O) groups excluding carboxylic acids is 2. The van der Waals surface area contributed by atoms with Crippen molar-refractivity contribution in [2.75, 3.05) is 37.6 Å². The summed E-state index contributed by atoms with van der Waals surface area (Å²) in [5.41, 5.74) is 1.10. The van der Waals surface area contributed by atoms with Crippen LogP contribution in [-0.4, -0.2) is 60.4 Å². The van der Waals surface area contributed by atoms with Crippen LogP contribution in [0.15, 0.2) is 30.3 Å². The number of para-hydroxylation sites is 1. The molecule has 0 spiro atoms. The standard InChI is InChI=1S/C26H35N3O2/c30-24(28-11-9-27(10-12-28)22-5-2-1-3-6-22)23-7-4-8-29(23)25(31)26-16-19-13-20(17-26)15-21(14-19)18-26/h1-3,5-6,19-21,23H,4,7-18H2. The molecule has 2 amide bonds. The van der Waals surface area contributed by atoms with E-state index >= 15 is 0 Å². The minimum atomic E-state index is -0.219. The molecule has 5 heteroatoms. The molecule has 0 aromatic heterocycles. The Morgan fingerprint density at radius 3 is 2.03 bits per heavy atom. The van der Waals surface area contributed by atoms with Crippen molar-refractivity contribution in [3.05, 3.63) is 30.3 Å². The molecule has 166 valence electrons. The molecule has 7 rings (SSSR count). The quantitative estimate of drug-likeness (QED) is 0.750. The van der Waals surface area contributed by atoms with E-state index in [9.17, 15) is 9.59 Å². The molecular formula is C26H35N3O2. The van der Waals surface area contributed by atoms with E-state index < -0.39 is 0 Å². The molecule has 6 aliphatic rings. The van der Waals surface area contributed by atoms with Crippen LogP contribution in [0.4, 0.5) is 5.69 Å². The fourth-order valence-corrected chi connectivity index (χ4v) is 7.98. The van der Waals surface area contributed by atoms with Gasteiger partial charge in [-0.25, -0.2) is 0 Å². The number of benzene rings is 1. The van der Waals surface area contributed by atoms with Crippen molar-refractivity contribution in [1.29, 1.82) is 0 Å². The highest BCUT2D eigenvalue weighted by Crippen LogP contribution is 2.60. The molecule has 0 N–H and O–H groups in total. The molecule has 1 aromatic rings. The van der Waals surface area contributed by atoms with Crippen molar-refractivity contribution in [2.45, 2.75) is 57.4 Å². The third-order valence-corrected chi connectivity index (χ3v) is 9.00. The summed E-state index contributed by atoms with van der Waals surface area (Å²) in [5, 5.41) is 0. The molecule has 1 unspecified atom stereocenters. The van der Waals surface area contributed by atoms with Gasteiger partial charge in [0.25, 0.3) is 0 Å². The summed E-state index contributed by atoms with van der Waals surface area (Å²) in [4.78, 5) is 33.8. The largest absolute Gasteiger partial charge is 0.368 e. The zero-order valence-corrected chi connectivity index (χ0v) is 18.5. The molecule has 6 fully saturated rings. The zero-order chi connectivity index (χ0) is 21.0. The molecule has 4 bridgehead atoms. The Bertz CT molecular complexity index is 810. The second-order valence-electron chi connectivity index (χ2n) is 11.0. The first-order valence-electron chi connectivity index (χ1n) is 12.5. The van der Waals surface area contributed by atoms with Gasteiger partial charge >= 0.3 is 0 Å². The van der Waals surface area contributed by atoms with Gasteiger partial charge < -0.3 is 14.7 Å². The Labute approximate surface area is 185 Å². The van der Waals surface area contributed by atoms with E-state index in [4.69, 9.17) is 0 Å². The highest BCUT2D eigenvalue weighted by atomic mass is 16.2. The molecular weight excluding hydrogens is 386 g/mol. The van der Waals surface area contributed by atoms with E-state index in [1.807, 2.05) is 15.9 Å². The van der Waals surface area contributed by atoms with Gasteiger partial charge in [-0.2, -0.15) is 0 Å². The number of amides is 2. The summed E-state index contributed by atoms with van der Waals surface area (Å²) in [7, 11) is 0. The van der Waals surface area contributed by atoms with Crippen LogP contribution in [0, 0.1) is 23.2 Å². The van der Waals surface area contributed by atoms with Crippen molar-refractivity contribution >= 4 is 17.5 Å². The van der Waals surface area contributed by atoms with Crippen molar-refractivity contribution < 1.29 is 9.59 Å². The maximum atomic E-state index is 13.9. The normalized spacial score (nSPS) is 36.8. The maximum absolute atomic E-state index is 13.9. The molecule has 2 saturated heterocycles. The minimum absolute atomic E-state index is 0.135. The average Bonchev–Trinajstić information content (AvgIpc) is 3.28. The van der Waals surface area contributed by atoms with Crippen LogP contribution in [0.3, 0.4) is 0 Å². The van der Waals surface area contributed by atoms with Crippen molar-refractivity contribution in [2.24, 2.45) is 23.2 Å². The predicted octanol–water partition coefficient (Wildman–Crippen LogP) is 3.54. The van der Waals surface area contributed by atoms with E-state index in [0.29, 0.717) is 5.91 Å². The van der Waals surface area contributed by atoms with Crippen LogP contribution in [0.1, 0.15) is 51.4 Å². The summed E-state index contributed by atoms with van der Waals surface area (Å²) < 4.78 is 0. The minimum Gasteiger partial charge on any atom is -0.368 e. The predicted molar refractivity (Wildman–Crippen MR) is 121 cm³/mol. The number of carbonyl (C=O) groups is 2. The fraction of sp³-hybridized carbons (Fsp3) is 0.692. The van der Waals surface area contributed by atoms with Crippen molar-refractivity contribution in [3.63, 3.8) is 0 Å². The first-order valence-corrected chi connectivity index (χ1v) is 12.5. The lowest BCUT2D eigenvalue weighted by molar-refractivity contribution is -0.162. The van der Waals surface area contributed by atoms with Crippen molar-refractivity contribution in [1.82, 2.24) is 9.80 Å². The third kappa shape index (κ3) is 3.35. The van der Waals surface area contributed by atoms with Gasteiger partial charge in [-0.05, 0) is 81.3 Å². The number of hydrogen-bond acceptors (Lipinski definition) is 3. The average molecular weight is 422 g/mol. The fourth-order valence-electron chi connectivity index (χ4n) is 7.98. The smallest absolute Gasteiger partial charge is 0.245 e.